The zero-order valence-electron chi connectivity index (χ0n) is 17.6. The van der Waals surface area contributed by atoms with Crippen molar-refractivity contribution in [3.8, 4) is 0 Å². The van der Waals surface area contributed by atoms with Crippen LogP contribution in [0.5, 0.6) is 0 Å². The first-order chi connectivity index (χ1) is 14.8. The molecule has 0 heterocycles. The molecule has 2 unspecified atom stereocenters. The average molecular weight is 470 g/mol. The van der Waals surface area contributed by atoms with Crippen LogP contribution < -0.4 is 16.0 Å². The van der Waals surface area contributed by atoms with E-state index in [1.807, 2.05) is 6.26 Å². The van der Waals surface area contributed by atoms with Gasteiger partial charge in [0, 0.05) is 6.04 Å². The Morgan fingerprint density at radius 2 is 1.87 bits per heavy atom. The van der Waals surface area contributed by atoms with Gasteiger partial charge >= 0.3 is 12.0 Å². The fraction of sp³-hybridized carbons (Fsp3) is 0.524. The zero-order chi connectivity index (χ0) is 22.8. The third kappa shape index (κ3) is 8.06. The number of nitrogens with one attached hydrogen (secondary N) is 3. The Balaban J connectivity index is 1.92. The number of urea groups is 1. The quantitative estimate of drug-likeness (QED) is 0.479. The minimum atomic E-state index is -1.20. The molecule has 1 aromatic carbocycles. The monoisotopic (exact) mass is 469 g/mol. The number of amides is 4. The van der Waals surface area contributed by atoms with Gasteiger partial charge in [-0.3, -0.25) is 14.9 Å². The largest absolute Gasteiger partial charge is 0.451 e. The molecule has 4 amide bonds. The molecule has 2 rings (SSSR count). The lowest BCUT2D eigenvalue weighted by molar-refractivity contribution is -0.156. The average Bonchev–Trinajstić information content (AvgIpc) is 3.23. The van der Waals surface area contributed by atoms with Gasteiger partial charge in [-0.25, -0.2) is 9.59 Å². The summed E-state index contributed by atoms with van der Waals surface area (Å²) in [5.41, 5.74) is 0.237. The summed E-state index contributed by atoms with van der Waals surface area (Å²) in [6.07, 6.45) is 4.84. The molecule has 10 heteroatoms. The third-order valence-corrected chi connectivity index (χ3v) is 5.88. The molecule has 8 nitrogen and oxygen atoms in total. The van der Waals surface area contributed by atoms with Crippen molar-refractivity contribution in [2.24, 2.45) is 0 Å². The standard InChI is InChI=1S/C21H28ClN3O5S/c1-13(18(26)25-21(29)23-14-7-3-4-8-14)30-20(28)17(11-12-31-2)24-19(27)15-9-5-6-10-16(15)22/h5-6,9-10,13-14,17H,3-4,7-8,11-12H2,1-2H3,(H,24,27)(H2,23,25,26,29). The fourth-order valence-electron chi connectivity index (χ4n) is 3.18. The molecular formula is C21H28ClN3O5S. The summed E-state index contributed by atoms with van der Waals surface area (Å²) in [5, 5.41) is 7.81. The molecule has 1 aliphatic carbocycles. The summed E-state index contributed by atoms with van der Waals surface area (Å²) in [6.45, 7) is 1.37. The summed E-state index contributed by atoms with van der Waals surface area (Å²) in [5.74, 6) is -1.41. The SMILES string of the molecule is CSCCC(NC(=O)c1ccccc1Cl)C(=O)OC(C)C(=O)NC(=O)NC1CCCC1. The van der Waals surface area contributed by atoms with Crippen molar-refractivity contribution in [1.82, 2.24) is 16.0 Å². The highest BCUT2D eigenvalue weighted by Crippen LogP contribution is 2.17. The van der Waals surface area contributed by atoms with Crippen LogP contribution in [0.15, 0.2) is 24.3 Å². The van der Waals surface area contributed by atoms with E-state index in [1.54, 1.807) is 24.3 Å². The summed E-state index contributed by atoms with van der Waals surface area (Å²) < 4.78 is 5.22. The van der Waals surface area contributed by atoms with Crippen LogP contribution in [0.3, 0.4) is 0 Å². The van der Waals surface area contributed by atoms with Crippen LogP contribution in [0.25, 0.3) is 0 Å². The van der Waals surface area contributed by atoms with Gasteiger partial charge in [0.1, 0.15) is 6.04 Å². The highest BCUT2D eigenvalue weighted by atomic mass is 35.5. The van der Waals surface area contributed by atoms with Gasteiger partial charge in [-0.15, -0.1) is 0 Å². The van der Waals surface area contributed by atoms with E-state index in [4.69, 9.17) is 16.3 Å². The van der Waals surface area contributed by atoms with Crippen LogP contribution in [-0.2, 0) is 14.3 Å². The van der Waals surface area contributed by atoms with Gasteiger partial charge in [-0.1, -0.05) is 36.6 Å². The number of hydrogen-bond acceptors (Lipinski definition) is 6. The normalized spacial score (nSPS) is 15.6. The first kappa shape index (κ1) is 25.0. The maximum Gasteiger partial charge on any atom is 0.329 e. The molecule has 0 saturated heterocycles. The van der Waals surface area contributed by atoms with Crippen LogP contribution in [0, 0.1) is 0 Å². The van der Waals surface area contributed by atoms with Gasteiger partial charge in [0.15, 0.2) is 6.10 Å². The summed E-state index contributed by atoms with van der Waals surface area (Å²) in [4.78, 5) is 49.3. The van der Waals surface area contributed by atoms with E-state index in [1.165, 1.54) is 18.7 Å². The number of hydrogen-bond donors (Lipinski definition) is 3. The second-order valence-electron chi connectivity index (χ2n) is 7.31. The van der Waals surface area contributed by atoms with E-state index < -0.39 is 36.0 Å². The Labute approximate surface area is 191 Å². The number of esters is 1. The Kier molecular flexibility index (Phi) is 10.1. The summed E-state index contributed by atoms with van der Waals surface area (Å²) in [6, 6.07) is 4.98. The highest BCUT2D eigenvalue weighted by molar-refractivity contribution is 7.98. The first-order valence-corrected chi connectivity index (χ1v) is 11.9. The highest BCUT2D eigenvalue weighted by Gasteiger charge is 2.28. The van der Waals surface area contributed by atoms with E-state index in [2.05, 4.69) is 16.0 Å². The molecule has 1 saturated carbocycles. The molecule has 3 N–H and O–H groups in total. The molecule has 0 spiro atoms. The van der Waals surface area contributed by atoms with E-state index >= 15 is 0 Å². The number of rotatable bonds is 9. The summed E-state index contributed by atoms with van der Waals surface area (Å²) >= 11 is 7.55. The van der Waals surface area contributed by atoms with Crippen LogP contribution in [0.4, 0.5) is 4.79 Å². The van der Waals surface area contributed by atoms with E-state index in [9.17, 15) is 19.2 Å². The third-order valence-electron chi connectivity index (χ3n) is 4.91. The van der Waals surface area contributed by atoms with Gasteiger partial charge in [0.25, 0.3) is 11.8 Å². The number of benzene rings is 1. The number of carbonyl (C=O) groups excluding carboxylic acids is 4. The lowest BCUT2D eigenvalue weighted by Gasteiger charge is -2.20. The van der Waals surface area contributed by atoms with Crippen molar-refractivity contribution < 1.29 is 23.9 Å². The second kappa shape index (κ2) is 12.6. The van der Waals surface area contributed by atoms with Crippen molar-refractivity contribution in [1.29, 1.82) is 0 Å². The van der Waals surface area contributed by atoms with Crippen molar-refractivity contribution in [2.75, 3.05) is 12.0 Å². The van der Waals surface area contributed by atoms with Crippen LogP contribution in [-0.4, -0.2) is 54.0 Å². The van der Waals surface area contributed by atoms with Gasteiger partial charge in [0.05, 0.1) is 10.6 Å². The number of thioether (sulfide) groups is 1. The molecule has 0 bridgehead atoms. The van der Waals surface area contributed by atoms with Crippen LogP contribution in [0.2, 0.25) is 5.02 Å². The predicted octanol–water partition coefficient (Wildman–Crippen LogP) is 2.89. The zero-order valence-corrected chi connectivity index (χ0v) is 19.2. The molecule has 0 radical (unpaired) electrons. The lowest BCUT2D eigenvalue weighted by Crippen LogP contribution is -2.49. The molecule has 0 aromatic heterocycles. The maximum atomic E-state index is 12.6. The van der Waals surface area contributed by atoms with E-state index in [0.29, 0.717) is 12.2 Å². The van der Waals surface area contributed by atoms with Gasteiger partial charge in [-0.05, 0) is 50.3 Å². The second-order valence-corrected chi connectivity index (χ2v) is 8.70. The Morgan fingerprint density at radius 1 is 1.19 bits per heavy atom. The van der Waals surface area contributed by atoms with Crippen LogP contribution in [0.1, 0.15) is 49.4 Å². The molecule has 1 aliphatic rings. The molecule has 1 fully saturated rings. The van der Waals surface area contributed by atoms with E-state index in [-0.39, 0.29) is 16.6 Å². The fourth-order valence-corrected chi connectivity index (χ4v) is 3.87. The maximum absolute atomic E-state index is 12.6. The van der Waals surface area contributed by atoms with Crippen molar-refractivity contribution in [2.45, 2.75) is 57.2 Å². The Hall–Kier alpha value is -2.26. The minimum Gasteiger partial charge on any atom is -0.451 e. The predicted molar refractivity (Wildman–Crippen MR) is 120 cm³/mol. The molecule has 0 aliphatic heterocycles. The molecule has 2 atom stereocenters. The van der Waals surface area contributed by atoms with Gasteiger partial charge in [0.2, 0.25) is 0 Å². The number of ether oxygens (including phenoxy) is 1. The smallest absolute Gasteiger partial charge is 0.329 e. The number of halogens is 1. The van der Waals surface area contributed by atoms with Crippen molar-refractivity contribution >= 4 is 47.2 Å². The first-order valence-electron chi connectivity index (χ1n) is 10.2. The topological polar surface area (TPSA) is 114 Å². The van der Waals surface area contributed by atoms with Gasteiger partial charge < -0.3 is 15.4 Å². The van der Waals surface area contributed by atoms with Crippen LogP contribution >= 0.6 is 23.4 Å². The molecule has 31 heavy (non-hydrogen) atoms. The Morgan fingerprint density at radius 3 is 2.52 bits per heavy atom. The van der Waals surface area contributed by atoms with Gasteiger partial charge in [-0.2, -0.15) is 11.8 Å². The Bertz CT molecular complexity index is 801. The van der Waals surface area contributed by atoms with Crippen molar-refractivity contribution in [3.05, 3.63) is 34.9 Å². The molecular weight excluding hydrogens is 442 g/mol. The number of carbonyl (C=O) groups is 4. The minimum absolute atomic E-state index is 0.0570. The lowest BCUT2D eigenvalue weighted by atomic mass is 10.1. The molecule has 170 valence electrons. The van der Waals surface area contributed by atoms with Crippen molar-refractivity contribution in [3.63, 3.8) is 0 Å². The summed E-state index contributed by atoms with van der Waals surface area (Å²) in [7, 11) is 0. The van der Waals surface area contributed by atoms with E-state index in [0.717, 1.165) is 25.7 Å². The molecule has 1 aromatic rings. The number of imide groups is 1.